The Bertz CT molecular complexity index is 1330. The molecular weight excluding hydrogens is 421 g/mol. The van der Waals surface area contributed by atoms with Crippen molar-refractivity contribution in [3.8, 4) is 17.3 Å². The van der Waals surface area contributed by atoms with E-state index in [9.17, 15) is 26.4 Å². The Labute approximate surface area is 169 Å². The van der Waals surface area contributed by atoms with Crippen LogP contribution in [0, 0.1) is 11.3 Å². The highest BCUT2D eigenvalue weighted by Crippen LogP contribution is 2.30. The third-order valence-electron chi connectivity index (χ3n) is 4.02. The number of rotatable bonds is 4. The standard InChI is InChI=1S/C19H13F3N4O3S/c1-30(28,29)18-24-15(8-16(25-18)19(20,21)22)14-5-6-17(27)26(11-14)10-13-4-2-3-12(7-13)9-23/h2-8,11H,10H2,1H3. The van der Waals surface area contributed by atoms with Crippen LogP contribution in [-0.4, -0.2) is 29.2 Å². The highest BCUT2D eigenvalue weighted by atomic mass is 32.2. The topological polar surface area (TPSA) is 106 Å². The van der Waals surface area contributed by atoms with Gasteiger partial charge >= 0.3 is 6.18 Å². The van der Waals surface area contributed by atoms with Crippen LogP contribution >= 0.6 is 0 Å². The maximum Gasteiger partial charge on any atom is 0.433 e. The van der Waals surface area contributed by atoms with Gasteiger partial charge in [0.25, 0.3) is 5.56 Å². The first-order chi connectivity index (χ1) is 14.0. The Kier molecular flexibility index (Phi) is 5.45. The minimum atomic E-state index is -4.89. The number of alkyl halides is 3. The van der Waals surface area contributed by atoms with Crippen molar-refractivity contribution in [1.29, 1.82) is 5.26 Å². The zero-order chi connectivity index (χ0) is 22.1. The van der Waals surface area contributed by atoms with Gasteiger partial charge in [0.2, 0.25) is 15.0 Å². The molecule has 0 radical (unpaired) electrons. The molecule has 3 rings (SSSR count). The second kappa shape index (κ2) is 7.72. The zero-order valence-corrected chi connectivity index (χ0v) is 16.2. The lowest BCUT2D eigenvalue weighted by atomic mass is 10.1. The third kappa shape index (κ3) is 4.72. The van der Waals surface area contributed by atoms with E-state index in [2.05, 4.69) is 9.97 Å². The number of nitriles is 1. The average Bonchev–Trinajstić information content (AvgIpc) is 2.68. The minimum absolute atomic E-state index is 0.0539. The van der Waals surface area contributed by atoms with Gasteiger partial charge in [-0.1, -0.05) is 12.1 Å². The maximum absolute atomic E-state index is 13.2. The number of nitrogens with zero attached hydrogens (tertiary/aromatic N) is 4. The van der Waals surface area contributed by atoms with Crippen LogP contribution < -0.4 is 5.56 Å². The highest BCUT2D eigenvalue weighted by Gasteiger charge is 2.35. The van der Waals surface area contributed by atoms with Gasteiger partial charge in [0.15, 0.2) is 0 Å². The van der Waals surface area contributed by atoms with Crippen molar-refractivity contribution in [1.82, 2.24) is 14.5 Å². The molecule has 30 heavy (non-hydrogen) atoms. The molecule has 0 bridgehead atoms. The normalized spacial score (nSPS) is 11.8. The SMILES string of the molecule is CS(=O)(=O)c1nc(-c2ccc(=O)n(Cc3cccc(C#N)c3)c2)cc(C(F)(F)F)n1. The summed E-state index contributed by atoms with van der Waals surface area (Å²) in [6, 6.07) is 11.5. The Morgan fingerprint density at radius 1 is 1.13 bits per heavy atom. The molecule has 0 N–H and O–H groups in total. The number of pyridine rings is 1. The van der Waals surface area contributed by atoms with Crippen LogP contribution in [0.2, 0.25) is 0 Å². The smallest absolute Gasteiger partial charge is 0.310 e. The van der Waals surface area contributed by atoms with E-state index in [0.29, 0.717) is 23.4 Å². The molecule has 0 atom stereocenters. The van der Waals surface area contributed by atoms with Crippen molar-refractivity contribution in [2.24, 2.45) is 0 Å². The van der Waals surface area contributed by atoms with Crippen molar-refractivity contribution in [3.05, 3.63) is 75.8 Å². The molecule has 2 heterocycles. The van der Waals surface area contributed by atoms with E-state index in [4.69, 9.17) is 5.26 Å². The zero-order valence-electron chi connectivity index (χ0n) is 15.4. The van der Waals surface area contributed by atoms with E-state index in [-0.39, 0.29) is 17.8 Å². The van der Waals surface area contributed by atoms with Gasteiger partial charge in [0.05, 0.1) is 23.9 Å². The molecule has 7 nitrogen and oxygen atoms in total. The van der Waals surface area contributed by atoms with Gasteiger partial charge in [0.1, 0.15) is 5.69 Å². The first-order valence-corrected chi connectivity index (χ1v) is 10.2. The fourth-order valence-corrected chi connectivity index (χ4v) is 3.15. The van der Waals surface area contributed by atoms with Crippen molar-refractivity contribution in [2.45, 2.75) is 17.9 Å². The van der Waals surface area contributed by atoms with E-state index in [1.165, 1.54) is 16.8 Å². The lowest BCUT2D eigenvalue weighted by Gasteiger charge is -2.12. The molecule has 0 fully saturated rings. The average molecular weight is 434 g/mol. The van der Waals surface area contributed by atoms with Crippen LogP contribution in [-0.2, 0) is 22.6 Å². The molecule has 154 valence electrons. The quantitative estimate of drug-likeness (QED) is 0.585. The molecule has 0 unspecified atom stereocenters. The van der Waals surface area contributed by atoms with E-state index in [1.807, 2.05) is 6.07 Å². The van der Waals surface area contributed by atoms with Gasteiger partial charge in [-0.3, -0.25) is 4.79 Å². The fourth-order valence-electron chi connectivity index (χ4n) is 2.63. The van der Waals surface area contributed by atoms with Crippen molar-refractivity contribution < 1.29 is 21.6 Å². The lowest BCUT2D eigenvalue weighted by molar-refractivity contribution is -0.141. The van der Waals surface area contributed by atoms with Gasteiger partial charge in [-0.05, 0) is 29.8 Å². The third-order valence-corrected chi connectivity index (χ3v) is 4.86. The summed E-state index contributed by atoms with van der Waals surface area (Å²) in [5, 5.41) is 8.02. The summed E-state index contributed by atoms with van der Waals surface area (Å²) >= 11 is 0. The summed E-state index contributed by atoms with van der Waals surface area (Å²) in [5.41, 5.74) is -1.02. The van der Waals surface area contributed by atoms with Crippen LogP contribution in [0.15, 0.2) is 58.6 Å². The second-order valence-corrected chi connectivity index (χ2v) is 8.30. The predicted molar refractivity (Wildman–Crippen MR) is 100 cm³/mol. The van der Waals surface area contributed by atoms with E-state index >= 15 is 0 Å². The van der Waals surface area contributed by atoms with Gasteiger partial charge in [-0.25, -0.2) is 18.4 Å². The number of sulfone groups is 1. The largest absolute Gasteiger partial charge is 0.433 e. The van der Waals surface area contributed by atoms with E-state index in [0.717, 1.165) is 6.07 Å². The van der Waals surface area contributed by atoms with Gasteiger partial charge in [0, 0.05) is 24.1 Å². The predicted octanol–water partition coefficient (Wildman–Crippen LogP) is 2.65. The Hall–Kier alpha value is -3.52. The first-order valence-electron chi connectivity index (χ1n) is 8.33. The van der Waals surface area contributed by atoms with Gasteiger partial charge in [-0.15, -0.1) is 0 Å². The summed E-state index contributed by atoms with van der Waals surface area (Å²) in [5.74, 6) is 0. The van der Waals surface area contributed by atoms with Gasteiger partial charge < -0.3 is 4.57 Å². The summed E-state index contributed by atoms with van der Waals surface area (Å²) in [7, 11) is -4.11. The number of aromatic nitrogens is 3. The fraction of sp³-hybridized carbons (Fsp3) is 0.158. The Balaban J connectivity index is 2.11. The molecular formula is C19H13F3N4O3S. The summed E-state index contributed by atoms with van der Waals surface area (Å²) in [6.45, 7) is 0.0539. The maximum atomic E-state index is 13.2. The van der Waals surface area contributed by atoms with E-state index in [1.54, 1.807) is 24.3 Å². The van der Waals surface area contributed by atoms with Crippen LogP contribution in [0.5, 0.6) is 0 Å². The van der Waals surface area contributed by atoms with Crippen molar-refractivity contribution >= 4 is 9.84 Å². The van der Waals surface area contributed by atoms with Crippen LogP contribution in [0.1, 0.15) is 16.8 Å². The molecule has 0 saturated heterocycles. The molecule has 3 aromatic rings. The summed E-state index contributed by atoms with van der Waals surface area (Å²) in [4.78, 5) is 19.0. The number of halogens is 3. The molecule has 0 aliphatic carbocycles. The molecule has 0 aliphatic rings. The molecule has 0 spiro atoms. The van der Waals surface area contributed by atoms with Gasteiger partial charge in [-0.2, -0.15) is 18.4 Å². The van der Waals surface area contributed by atoms with Crippen molar-refractivity contribution in [3.63, 3.8) is 0 Å². The first kappa shape index (κ1) is 21.2. The number of benzene rings is 1. The van der Waals surface area contributed by atoms with Crippen LogP contribution in [0.25, 0.3) is 11.3 Å². The molecule has 0 amide bonds. The second-order valence-electron chi connectivity index (χ2n) is 6.39. The Morgan fingerprint density at radius 3 is 2.50 bits per heavy atom. The van der Waals surface area contributed by atoms with Crippen molar-refractivity contribution in [2.75, 3.05) is 6.26 Å². The molecule has 0 saturated carbocycles. The monoisotopic (exact) mass is 434 g/mol. The summed E-state index contributed by atoms with van der Waals surface area (Å²) < 4.78 is 64.3. The van der Waals surface area contributed by atoms with E-state index < -0.39 is 32.4 Å². The lowest BCUT2D eigenvalue weighted by Crippen LogP contribution is -2.19. The number of hydrogen-bond acceptors (Lipinski definition) is 6. The Morgan fingerprint density at radius 2 is 1.87 bits per heavy atom. The molecule has 11 heteroatoms. The molecule has 1 aromatic carbocycles. The van der Waals surface area contributed by atoms with Crippen LogP contribution in [0.4, 0.5) is 13.2 Å². The van der Waals surface area contributed by atoms with Crippen LogP contribution in [0.3, 0.4) is 0 Å². The minimum Gasteiger partial charge on any atom is -0.310 e. The number of hydrogen-bond donors (Lipinski definition) is 0. The molecule has 0 aliphatic heterocycles. The highest BCUT2D eigenvalue weighted by molar-refractivity contribution is 7.90. The summed E-state index contributed by atoms with van der Waals surface area (Å²) in [6.07, 6.45) is -2.91. The molecule has 2 aromatic heterocycles.